The predicted molar refractivity (Wildman–Crippen MR) is 110 cm³/mol. The van der Waals surface area contributed by atoms with E-state index in [1.165, 1.54) is 19.1 Å². The van der Waals surface area contributed by atoms with E-state index in [-0.39, 0.29) is 30.5 Å². The number of carbonyl (C=O) groups is 2. The second-order valence-corrected chi connectivity index (χ2v) is 7.37. The Balaban J connectivity index is 1.46. The molecule has 3 rings (SSSR count). The Morgan fingerprint density at radius 1 is 0.968 bits per heavy atom. The highest BCUT2D eigenvalue weighted by Crippen LogP contribution is 2.30. The van der Waals surface area contributed by atoms with Crippen molar-refractivity contribution >= 4 is 23.2 Å². The minimum Gasteiger partial charge on any atom is -0.326 e. The van der Waals surface area contributed by atoms with Crippen molar-refractivity contribution in [3.63, 3.8) is 0 Å². The average Bonchev–Trinajstić information content (AvgIpc) is 2.70. The van der Waals surface area contributed by atoms with Crippen LogP contribution in [0, 0.1) is 0 Å². The molecule has 10 heteroatoms. The van der Waals surface area contributed by atoms with Crippen molar-refractivity contribution in [1.29, 1.82) is 0 Å². The number of halogens is 3. The van der Waals surface area contributed by atoms with Gasteiger partial charge in [0.2, 0.25) is 11.8 Å². The Morgan fingerprint density at radius 3 is 2.13 bits per heavy atom. The Morgan fingerprint density at radius 2 is 1.55 bits per heavy atom. The van der Waals surface area contributed by atoms with Crippen LogP contribution < -0.4 is 10.6 Å². The summed E-state index contributed by atoms with van der Waals surface area (Å²) in [6.07, 6.45) is -3.33. The van der Waals surface area contributed by atoms with Crippen LogP contribution in [-0.2, 0) is 22.3 Å². The van der Waals surface area contributed by atoms with Gasteiger partial charge < -0.3 is 10.6 Å². The zero-order chi connectivity index (χ0) is 22.4. The lowest BCUT2D eigenvalue weighted by Gasteiger charge is -2.34. The Hall–Kier alpha value is -2.98. The van der Waals surface area contributed by atoms with Gasteiger partial charge in [0.1, 0.15) is 5.69 Å². The van der Waals surface area contributed by atoms with Crippen LogP contribution in [0.3, 0.4) is 0 Å². The van der Waals surface area contributed by atoms with Gasteiger partial charge in [0, 0.05) is 57.2 Å². The number of hydrogen-bond acceptors (Lipinski definition) is 5. The molecule has 166 valence electrons. The number of nitrogens with zero attached hydrogens (tertiary/aromatic N) is 3. The third kappa shape index (κ3) is 6.76. The number of amides is 2. The van der Waals surface area contributed by atoms with Gasteiger partial charge in [-0.05, 0) is 35.9 Å². The number of aromatic nitrogens is 1. The van der Waals surface area contributed by atoms with Crippen LogP contribution in [0.15, 0.2) is 42.6 Å². The molecule has 7 nitrogen and oxygen atoms in total. The predicted octanol–water partition coefficient (Wildman–Crippen LogP) is 2.82. The van der Waals surface area contributed by atoms with Crippen LogP contribution >= 0.6 is 0 Å². The van der Waals surface area contributed by atoms with Gasteiger partial charge >= 0.3 is 6.18 Å². The summed E-state index contributed by atoms with van der Waals surface area (Å²) in [5.41, 5.74) is 0.572. The summed E-state index contributed by atoms with van der Waals surface area (Å²) in [6, 6.07) is 9.76. The molecular formula is C21H24F3N5O2. The van der Waals surface area contributed by atoms with Crippen molar-refractivity contribution in [3.05, 3.63) is 53.9 Å². The van der Waals surface area contributed by atoms with Crippen molar-refractivity contribution < 1.29 is 22.8 Å². The number of piperazine rings is 1. The monoisotopic (exact) mass is 435 g/mol. The topological polar surface area (TPSA) is 77.6 Å². The maximum absolute atomic E-state index is 13.1. The van der Waals surface area contributed by atoms with E-state index in [0.717, 1.165) is 6.20 Å². The number of benzene rings is 1. The second kappa shape index (κ2) is 9.88. The highest BCUT2D eigenvalue weighted by atomic mass is 19.4. The van der Waals surface area contributed by atoms with Crippen molar-refractivity contribution in [2.24, 2.45) is 0 Å². The van der Waals surface area contributed by atoms with E-state index < -0.39 is 11.9 Å². The summed E-state index contributed by atoms with van der Waals surface area (Å²) < 4.78 is 39.3. The maximum Gasteiger partial charge on any atom is 0.433 e. The number of anilines is 2. The van der Waals surface area contributed by atoms with E-state index in [1.807, 2.05) is 9.80 Å². The standard InChI is InChI=1S/C21H24F3N5O2/c1-15(30)26-17-4-6-18(7-5-17)27-19(31)14-29-11-9-28(10-12-29)13-16-3-2-8-25-20(16)21(22,23)24/h2-8H,9-14H2,1H3,(H,26,30)(H,27,31). The summed E-state index contributed by atoms with van der Waals surface area (Å²) in [7, 11) is 0. The summed E-state index contributed by atoms with van der Waals surface area (Å²) in [6.45, 7) is 4.07. The molecule has 31 heavy (non-hydrogen) atoms. The third-order valence-corrected chi connectivity index (χ3v) is 4.87. The molecule has 2 aromatic rings. The summed E-state index contributed by atoms with van der Waals surface area (Å²) in [5, 5.41) is 5.46. The lowest BCUT2D eigenvalue weighted by Crippen LogP contribution is -2.48. The SMILES string of the molecule is CC(=O)Nc1ccc(NC(=O)CN2CCN(Cc3cccnc3C(F)(F)F)CC2)cc1. The fourth-order valence-corrected chi connectivity index (χ4v) is 3.41. The molecule has 1 aliphatic rings. The highest BCUT2D eigenvalue weighted by molar-refractivity contribution is 5.93. The number of carbonyl (C=O) groups excluding carboxylic acids is 2. The minimum atomic E-state index is -4.48. The molecule has 0 aliphatic carbocycles. The van der Waals surface area contributed by atoms with E-state index in [1.54, 1.807) is 24.3 Å². The first kappa shape index (κ1) is 22.7. The molecule has 0 unspecified atom stereocenters. The van der Waals surface area contributed by atoms with Gasteiger partial charge in [-0.15, -0.1) is 0 Å². The Bertz CT molecular complexity index is 910. The normalized spacial score (nSPS) is 15.5. The molecule has 1 aliphatic heterocycles. The molecule has 1 aromatic carbocycles. The van der Waals surface area contributed by atoms with E-state index in [2.05, 4.69) is 15.6 Å². The molecule has 1 saturated heterocycles. The Labute approximate surface area is 178 Å². The molecule has 2 heterocycles. The number of rotatable bonds is 6. The van der Waals surface area contributed by atoms with Crippen LogP contribution in [-0.4, -0.2) is 59.3 Å². The number of pyridine rings is 1. The first-order chi connectivity index (χ1) is 14.7. The fraction of sp³-hybridized carbons (Fsp3) is 0.381. The third-order valence-electron chi connectivity index (χ3n) is 4.87. The van der Waals surface area contributed by atoms with Crippen molar-refractivity contribution in [2.45, 2.75) is 19.6 Å². The number of alkyl halides is 3. The van der Waals surface area contributed by atoms with Gasteiger partial charge in [-0.25, -0.2) is 0 Å². The molecule has 1 aromatic heterocycles. The zero-order valence-electron chi connectivity index (χ0n) is 17.1. The molecule has 0 radical (unpaired) electrons. The largest absolute Gasteiger partial charge is 0.433 e. The van der Waals surface area contributed by atoms with Crippen molar-refractivity contribution in [3.8, 4) is 0 Å². The molecule has 0 atom stereocenters. The van der Waals surface area contributed by atoms with E-state index in [9.17, 15) is 22.8 Å². The first-order valence-electron chi connectivity index (χ1n) is 9.84. The lowest BCUT2D eigenvalue weighted by molar-refractivity contribution is -0.142. The van der Waals surface area contributed by atoms with Crippen molar-refractivity contribution in [1.82, 2.24) is 14.8 Å². The lowest BCUT2D eigenvalue weighted by atomic mass is 10.1. The summed E-state index contributed by atoms with van der Waals surface area (Å²) in [5.74, 6) is -0.346. The van der Waals surface area contributed by atoms with Crippen LogP contribution in [0.1, 0.15) is 18.2 Å². The van der Waals surface area contributed by atoms with Crippen LogP contribution in [0.4, 0.5) is 24.5 Å². The van der Waals surface area contributed by atoms with Crippen molar-refractivity contribution in [2.75, 3.05) is 43.4 Å². The second-order valence-electron chi connectivity index (χ2n) is 7.37. The van der Waals surface area contributed by atoms with Gasteiger partial charge in [0.25, 0.3) is 0 Å². The smallest absolute Gasteiger partial charge is 0.326 e. The van der Waals surface area contributed by atoms with E-state index >= 15 is 0 Å². The number of nitrogens with one attached hydrogen (secondary N) is 2. The van der Waals surface area contributed by atoms with Gasteiger partial charge in [0.05, 0.1) is 6.54 Å². The van der Waals surface area contributed by atoms with Crippen LogP contribution in [0.2, 0.25) is 0 Å². The summed E-state index contributed by atoms with van der Waals surface area (Å²) in [4.78, 5) is 30.7. The van der Waals surface area contributed by atoms with Gasteiger partial charge in [-0.3, -0.25) is 24.4 Å². The average molecular weight is 435 g/mol. The van der Waals surface area contributed by atoms with Gasteiger partial charge in [-0.2, -0.15) is 13.2 Å². The molecule has 0 bridgehead atoms. The van der Waals surface area contributed by atoms with E-state index in [0.29, 0.717) is 37.6 Å². The fourth-order valence-electron chi connectivity index (χ4n) is 3.41. The molecule has 0 spiro atoms. The highest BCUT2D eigenvalue weighted by Gasteiger charge is 2.35. The van der Waals surface area contributed by atoms with Crippen LogP contribution in [0.25, 0.3) is 0 Å². The molecule has 2 N–H and O–H groups in total. The zero-order valence-corrected chi connectivity index (χ0v) is 17.1. The minimum absolute atomic E-state index is 0.156. The molecule has 1 fully saturated rings. The Kier molecular flexibility index (Phi) is 7.24. The first-order valence-corrected chi connectivity index (χ1v) is 9.84. The summed E-state index contributed by atoms with van der Waals surface area (Å²) >= 11 is 0. The van der Waals surface area contributed by atoms with Crippen LogP contribution in [0.5, 0.6) is 0 Å². The molecule has 2 amide bonds. The van der Waals surface area contributed by atoms with E-state index in [4.69, 9.17) is 0 Å². The maximum atomic E-state index is 13.1. The number of hydrogen-bond donors (Lipinski definition) is 2. The van der Waals surface area contributed by atoms with Gasteiger partial charge in [-0.1, -0.05) is 6.07 Å². The quantitative estimate of drug-likeness (QED) is 0.730. The van der Waals surface area contributed by atoms with Gasteiger partial charge in [0.15, 0.2) is 0 Å². The molecule has 0 saturated carbocycles. The molecular weight excluding hydrogens is 411 g/mol.